The highest BCUT2D eigenvalue weighted by Crippen LogP contribution is 2.33. The van der Waals surface area contributed by atoms with E-state index < -0.39 is 12.0 Å². The quantitative estimate of drug-likeness (QED) is 0.834. The van der Waals surface area contributed by atoms with Gasteiger partial charge in [0.05, 0.1) is 24.3 Å². The van der Waals surface area contributed by atoms with Gasteiger partial charge < -0.3 is 5.11 Å². The van der Waals surface area contributed by atoms with E-state index in [1.807, 2.05) is 0 Å². The molecule has 0 saturated heterocycles. The Hall–Kier alpha value is -1.22. The summed E-state index contributed by atoms with van der Waals surface area (Å²) in [4.78, 5) is 3.52. The fourth-order valence-corrected chi connectivity index (χ4v) is 1.53. The van der Waals surface area contributed by atoms with Crippen LogP contribution in [0.3, 0.4) is 0 Å². The fourth-order valence-electron chi connectivity index (χ4n) is 1.01. The van der Waals surface area contributed by atoms with E-state index in [0.717, 1.165) is 6.20 Å². The molecule has 1 heterocycles. The van der Waals surface area contributed by atoms with E-state index in [9.17, 15) is 13.9 Å². The van der Waals surface area contributed by atoms with E-state index in [2.05, 4.69) is 20.9 Å². The summed E-state index contributed by atoms with van der Waals surface area (Å²) in [7, 11) is 0. The summed E-state index contributed by atoms with van der Waals surface area (Å²) < 4.78 is 25.0. The molecule has 0 atom stereocenters. The number of aromatic hydroxyl groups is 1. The van der Waals surface area contributed by atoms with Gasteiger partial charge in [-0.15, -0.1) is 0 Å². The van der Waals surface area contributed by atoms with Crippen LogP contribution in [0.15, 0.2) is 10.8 Å². The molecule has 0 fully saturated rings. The number of nitrogens with zero attached hydrogens (tertiary/aromatic N) is 2. The van der Waals surface area contributed by atoms with Gasteiger partial charge in [-0.2, -0.15) is 5.26 Å². The first-order valence-electron chi connectivity index (χ1n) is 3.59. The van der Waals surface area contributed by atoms with E-state index in [-0.39, 0.29) is 22.3 Å². The lowest BCUT2D eigenvalue weighted by molar-refractivity contribution is 0.148. The first-order chi connectivity index (χ1) is 6.57. The van der Waals surface area contributed by atoms with Crippen LogP contribution in [-0.2, 0) is 6.42 Å². The van der Waals surface area contributed by atoms with Gasteiger partial charge in [0.2, 0.25) is 0 Å². The summed E-state index contributed by atoms with van der Waals surface area (Å²) in [5.41, 5.74) is -0.504. The van der Waals surface area contributed by atoms with Crippen LogP contribution in [0.5, 0.6) is 5.75 Å². The largest absolute Gasteiger partial charge is 0.506 e. The molecule has 1 rings (SSSR count). The molecule has 0 radical (unpaired) electrons. The second-order valence-electron chi connectivity index (χ2n) is 2.46. The molecule has 0 aromatic carbocycles. The second-order valence-corrected chi connectivity index (χ2v) is 3.21. The van der Waals surface area contributed by atoms with E-state index in [0.29, 0.717) is 0 Å². The van der Waals surface area contributed by atoms with Gasteiger partial charge >= 0.3 is 0 Å². The minimum absolute atomic E-state index is 0.0458. The van der Waals surface area contributed by atoms with Crippen LogP contribution < -0.4 is 0 Å². The smallest absolute Gasteiger partial charge is 0.266 e. The maximum atomic E-state index is 12.5. The molecule has 0 aliphatic rings. The average Bonchev–Trinajstić information content (AvgIpc) is 2.11. The van der Waals surface area contributed by atoms with Gasteiger partial charge in [-0.25, -0.2) is 13.8 Å². The van der Waals surface area contributed by atoms with E-state index in [1.54, 1.807) is 6.07 Å². The lowest BCUT2D eigenvalue weighted by Crippen LogP contribution is -1.98. The van der Waals surface area contributed by atoms with Crippen molar-refractivity contribution >= 4 is 15.9 Å². The number of rotatable bonds is 2. The molecule has 0 aliphatic heterocycles. The number of alkyl halides is 2. The number of pyridine rings is 1. The highest BCUT2D eigenvalue weighted by molar-refractivity contribution is 9.10. The second kappa shape index (κ2) is 4.33. The fraction of sp³-hybridized carbons (Fsp3) is 0.250. The third-order valence-electron chi connectivity index (χ3n) is 1.63. The summed E-state index contributed by atoms with van der Waals surface area (Å²) >= 11 is 2.84. The van der Waals surface area contributed by atoms with Crippen LogP contribution in [0, 0.1) is 11.3 Å². The van der Waals surface area contributed by atoms with Crippen LogP contribution in [0.1, 0.15) is 17.6 Å². The number of halogens is 3. The lowest BCUT2D eigenvalue weighted by Gasteiger charge is -2.08. The molecule has 0 amide bonds. The Kier molecular flexibility index (Phi) is 3.36. The molecule has 0 aliphatic carbocycles. The zero-order valence-electron chi connectivity index (χ0n) is 6.84. The van der Waals surface area contributed by atoms with Crippen LogP contribution in [0.4, 0.5) is 8.78 Å². The molecule has 6 heteroatoms. The van der Waals surface area contributed by atoms with Gasteiger partial charge in [-0.1, -0.05) is 0 Å². The monoisotopic (exact) mass is 262 g/mol. The minimum atomic E-state index is -2.77. The third-order valence-corrected chi connectivity index (χ3v) is 2.26. The Balaban J connectivity index is 3.35. The van der Waals surface area contributed by atoms with Crippen molar-refractivity contribution in [1.82, 2.24) is 4.98 Å². The van der Waals surface area contributed by atoms with E-state index in [1.165, 1.54) is 0 Å². The van der Waals surface area contributed by atoms with Crippen molar-refractivity contribution in [3.63, 3.8) is 0 Å². The number of aromatic nitrogens is 1. The van der Waals surface area contributed by atoms with Gasteiger partial charge in [0.15, 0.2) is 0 Å². The maximum Gasteiger partial charge on any atom is 0.266 e. The van der Waals surface area contributed by atoms with Gasteiger partial charge in [0.1, 0.15) is 10.4 Å². The number of hydrogen-bond acceptors (Lipinski definition) is 3. The van der Waals surface area contributed by atoms with Crippen LogP contribution in [0.2, 0.25) is 0 Å². The molecule has 0 spiro atoms. The zero-order chi connectivity index (χ0) is 10.7. The summed E-state index contributed by atoms with van der Waals surface area (Å²) in [5, 5.41) is 17.6. The average molecular weight is 263 g/mol. The molecule has 1 aromatic heterocycles. The van der Waals surface area contributed by atoms with Crippen LogP contribution in [0.25, 0.3) is 0 Å². The third kappa shape index (κ3) is 1.99. The standard InChI is InChI=1S/C8H5BrF2N2O/c9-7-6(8(10)11)4(1-2-12)5(14)3-13-7/h3,8,14H,1H2. The van der Waals surface area contributed by atoms with Crippen molar-refractivity contribution in [3.8, 4) is 11.8 Å². The van der Waals surface area contributed by atoms with Crippen LogP contribution >= 0.6 is 15.9 Å². The minimum Gasteiger partial charge on any atom is -0.506 e. The molecule has 0 saturated carbocycles. The van der Waals surface area contributed by atoms with Gasteiger partial charge in [-0.05, 0) is 15.9 Å². The van der Waals surface area contributed by atoms with Gasteiger partial charge in [0, 0.05) is 5.56 Å². The maximum absolute atomic E-state index is 12.5. The SMILES string of the molecule is N#CCc1c(O)cnc(Br)c1C(F)F. The van der Waals surface area contributed by atoms with Crippen LogP contribution in [-0.4, -0.2) is 10.1 Å². The number of nitriles is 1. The highest BCUT2D eigenvalue weighted by atomic mass is 79.9. The molecular weight excluding hydrogens is 258 g/mol. The van der Waals surface area contributed by atoms with Crippen molar-refractivity contribution in [2.45, 2.75) is 12.8 Å². The molecule has 3 nitrogen and oxygen atoms in total. The Morgan fingerprint density at radius 1 is 1.64 bits per heavy atom. The Morgan fingerprint density at radius 3 is 2.79 bits per heavy atom. The Morgan fingerprint density at radius 2 is 2.29 bits per heavy atom. The normalized spacial score (nSPS) is 10.2. The topological polar surface area (TPSA) is 56.9 Å². The van der Waals surface area contributed by atoms with E-state index >= 15 is 0 Å². The van der Waals surface area contributed by atoms with Crippen molar-refractivity contribution in [2.75, 3.05) is 0 Å². The predicted octanol–water partition coefficient (Wildman–Crippen LogP) is 2.55. The Labute approximate surface area is 87.1 Å². The molecular formula is C8H5BrF2N2O. The molecule has 0 unspecified atom stereocenters. The first kappa shape index (κ1) is 10.9. The summed E-state index contributed by atoms with van der Waals surface area (Å²) in [6.45, 7) is 0. The molecule has 1 N–H and O–H groups in total. The van der Waals surface area contributed by atoms with E-state index in [4.69, 9.17) is 5.26 Å². The first-order valence-corrected chi connectivity index (χ1v) is 4.38. The summed E-state index contributed by atoms with van der Waals surface area (Å²) in [6, 6.07) is 1.71. The zero-order valence-corrected chi connectivity index (χ0v) is 8.42. The van der Waals surface area contributed by atoms with Crippen molar-refractivity contribution < 1.29 is 13.9 Å². The summed E-state index contributed by atoms with van der Waals surface area (Å²) in [6.07, 6.45) is -2.01. The van der Waals surface area contributed by atoms with Gasteiger partial charge in [0.25, 0.3) is 6.43 Å². The van der Waals surface area contributed by atoms with Crippen molar-refractivity contribution in [1.29, 1.82) is 5.26 Å². The number of hydrogen-bond donors (Lipinski definition) is 1. The summed E-state index contributed by atoms with van der Waals surface area (Å²) in [5.74, 6) is -0.384. The van der Waals surface area contributed by atoms with Crippen molar-refractivity contribution in [3.05, 3.63) is 21.9 Å². The molecule has 1 aromatic rings. The predicted molar refractivity (Wildman–Crippen MR) is 47.9 cm³/mol. The molecule has 74 valence electrons. The van der Waals surface area contributed by atoms with Gasteiger partial charge in [-0.3, -0.25) is 0 Å². The van der Waals surface area contributed by atoms with Crippen molar-refractivity contribution in [2.24, 2.45) is 0 Å². The molecule has 14 heavy (non-hydrogen) atoms. The lowest BCUT2D eigenvalue weighted by atomic mass is 10.1. The Bertz CT molecular complexity index is 390. The highest BCUT2D eigenvalue weighted by Gasteiger charge is 2.20. The molecule has 0 bridgehead atoms.